The molecule has 0 radical (unpaired) electrons. The lowest BCUT2D eigenvalue weighted by Crippen LogP contribution is -2.28. The molecule has 3 aromatic rings. The Morgan fingerprint density at radius 2 is 1.81 bits per heavy atom. The van der Waals surface area contributed by atoms with Gasteiger partial charge in [0.25, 0.3) is 0 Å². The second kappa shape index (κ2) is 7.70. The summed E-state index contributed by atoms with van der Waals surface area (Å²) in [5.74, 6) is 1.17. The van der Waals surface area contributed by atoms with Crippen LogP contribution < -0.4 is 4.74 Å². The molecular formula is C23H24O4. The highest BCUT2D eigenvalue weighted by molar-refractivity contribution is 5.87. The van der Waals surface area contributed by atoms with E-state index < -0.39 is 0 Å². The van der Waals surface area contributed by atoms with Crippen LogP contribution in [0.5, 0.6) is 5.75 Å². The maximum atomic E-state index is 11.6. The van der Waals surface area contributed by atoms with Crippen LogP contribution in [-0.4, -0.2) is 19.2 Å². The van der Waals surface area contributed by atoms with Crippen LogP contribution in [0.4, 0.5) is 0 Å². The van der Waals surface area contributed by atoms with E-state index in [1.165, 1.54) is 0 Å². The minimum atomic E-state index is -0.381. The molecule has 2 aromatic carbocycles. The van der Waals surface area contributed by atoms with Crippen LogP contribution in [0.2, 0.25) is 0 Å². The molecule has 4 heteroatoms. The molecule has 1 aromatic heterocycles. The molecule has 0 amide bonds. The van der Waals surface area contributed by atoms with E-state index in [0.29, 0.717) is 12.2 Å². The molecule has 0 atom stereocenters. The highest BCUT2D eigenvalue weighted by atomic mass is 16.5. The zero-order chi connectivity index (χ0) is 19.4. The van der Waals surface area contributed by atoms with Crippen molar-refractivity contribution in [3.63, 3.8) is 0 Å². The summed E-state index contributed by atoms with van der Waals surface area (Å²) >= 11 is 0. The molecule has 140 valence electrons. The number of furan rings is 1. The minimum Gasteiger partial charge on any atom is -0.493 e. The first-order chi connectivity index (χ1) is 12.8. The van der Waals surface area contributed by atoms with Gasteiger partial charge in [0, 0.05) is 28.0 Å². The summed E-state index contributed by atoms with van der Waals surface area (Å²) in [4.78, 5) is 11.6. The van der Waals surface area contributed by atoms with E-state index in [1.807, 2.05) is 68.4 Å². The summed E-state index contributed by atoms with van der Waals surface area (Å²) in [6.45, 7) is 9.86. The van der Waals surface area contributed by atoms with Gasteiger partial charge in [-0.05, 0) is 25.1 Å². The molecule has 0 aliphatic rings. The van der Waals surface area contributed by atoms with Crippen LogP contribution >= 0.6 is 0 Å². The van der Waals surface area contributed by atoms with Crippen LogP contribution in [0.25, 0.3) is 22.3 Å². The normalized spacial score (nSPS) is 11.4. The number of hydrogen-bond acceptors (Lipinski definition) is 4. The molecule has 0 saturated heterocycles. The predicted octanol–water partition coefficient (Wildman–Crippen LogP) is 5.62. The van der Waals surface area contributed by atoms with E-state index in [-0.39, 0.29) is 18.0 Å². The standard InChI is InChI=1S/C23H24O4/c1-16(2)22(24)26-15-23(3,4)14-25-19-11-10-18-12-20(27-21(18)13-19)17-8-6-5-7-9-17/h5-13H,1,14-15H2,2-4H3. The highest BCUT2D eigenvalue weighted by Crippen LogP contribution is 2.30. The molecule has 0 bridgehead atoms. The van der Waals surface area contributed by atoms with Crippen LogP contribution in [-0.2, 0) is 9.53 Å². The topological polar surface area (TPSA) is 48.7 Å². The lowest BCUT2D eigenvalue weighted by molar-refractivity contribution is -0.142. The zero-order valence-electron chi connectivity index (χ0n) is 16.0. The van der Waals surface area contributed by atoms with E-state index in [4.69, 9.17) is 13.9 Å². The van der Waals surface area contributed by atoms with E-state index >= 15 is 0 Å². The second-order valence-corrected chi connectivity index (χ2v) is 7.49. The van der Waals surface area contributed by atoms with Gasteiger partial charge < -0.3 is 13.9 Å². The van der Waals surface area contributed by atoms with Gasteiger partial charge in [0.05, 0.1) is 13.2 Å². The fraction of sp³-hybridized carbons (Fsp3) is 0.261. The Bertz CT molecular complexity index is 951. The average Bonchev–Trinajstić information content (AvgIpc) is 3.08. The maximum Gasteiger partial charge on any atom is 0.333 e. The first-order valence-electron chi connectivity index (χ1n) is 8.88. The summed E-state index contributed by atoms with van der Waals surface area (Å²) in [6, 6.07) is 17.8. The van der Waals surface area contributed by atoms with Crippen LogP contribution in [0.1, 0.15) is 20.8 Å². The van der Waals surface area contributed by atoms with Crippen molar-refractivity contribution in [3.8, 4) is 17.1 Å². The zero-order valence-corrected chi connectivity index (χ0v) is 16.0. The molecule has 3 rings (SSSR count). The van der Waals surface area contributed by atoms with Gasteiger partial charge in [-0.2, -0.15) is 0 Å². The lowest BCUT2D eigenvalue weighted by atomic mass is 9.96. The Kier molecular flexibility index (Phi) is 5.36. The largest absolute Gasteiger partial charge is 0.493 e. The first kappa shape index (κ1) is 18.8. The summed E-state index contributed by atoms with van der Waals surface area (Å²) in [5.41, 5.74) is 1.89. The van der Waals surface area contributed by atoms with Crippen molar-refractivity contribution >= 4 is 16.9 Å². The number of hydrogen-bond donors (Lipinski definition) is 0. The van der Waals surface area contributed by atoms with Crippen molar-refractivity contribution in [2.45, 2.75) is 20.8 Å². The number of ether oxygens (including phenoxy) is 2. The van der Waals surface area contributed by atoms with Crippen molar-refractivity contribution in [3.05, 3.63) is 66.7 Å². The van der Waals surface area contributed by atoms with Gasteiger partial charge in [-0.3, -0.25) is 0 Å². The van der Waals surface area contributed by atoms with Crippen molar-refractivity contribution in [1.29, 1.82) is 0 Å². The maximum absolute atomic E-state index is 11.6. The second-order valence-electron chi connectivity index (χ2n) is 7.49. The molecule has 0 unspecified atom stereocenters. The third-order valence-electron chi connectivity index (χ3n) is 4.12. The molecule has 0 fully saturated rings. The Labute approximate surface area is 159 Å². The molecule has 0 aliphatic heterocycles. The Morgan fingerprint density at radius 3 is 2.52 bits per heavy atom. The van der Waals surface area contributed by atoms with Gasteiger partial charge in [0.15, 0.2) is 0 Å². The third-order valence-corrected chi connectivity index (χ3v) is 4.12. The summed E-state index contributed by atoms with van der Waals surface area (Å²) in [7, 11) is 0. The molecule has 4 nitrogen and oxygen atoms in total. The molecule has 0 aliphatic carbocycles. The molecule has 27 heavy (non-hydrogen) atoms. The fourth-order valence-corrected chi connectivity index (χ4v) is 2.55. The van der Waals surface area contributed by atoms with Crippen LogP contribution in [0, 0.1) is 5.41 Å². The SMILES string of the molecule is C=C(C)C(=O)OCC(C)(C)COc1ccc2cc(-c3ccccc3)oc2c1. The minimum absolute atomic E-state index is 0.264. The van der Waals surface area contributed by atoms with Crippen LogP contribution in [0.3, 0.4) is 0 Å². The lowest BCUT2D eigenvalue weighted by Gasteiger charge is -2.24. The Balaban J connectivity index is 1.67. The summed E-state index contributed by atoms with van der Waals surface area (Å²) < 4.78 is 17.1. The summed E-state index contributed by atoms with van der Waals surface area (Å²) in [6.07, 6.45) is 0. The smallest absolute Gasteiger partial charge is 0.333 e. The number of benzene rings is 2. The van der Waals surface area contributed by atoms with Gasteiger partial charge in [0.1, 0.15) is 17.1 Å². The monoisotopic (exact) mass is 364 g/mol. The van der Waals surface area contributed by atoms with Crippen molar-refractivity contribution in [1.82, 2.24) is 0 Å². The Morgan fingerprint density at radius 1 is 1.07 bits per heavy atom. The number of esters is 1. The van der Waals surface area contributed by atoms with E-state index in [0.717, 1.165) is 28.0 Å². The van der Waals surface area contributed by atoms with E-state index in [2.05, 4.69) is 6.58 Å². The fourth-order valence-electron chi connectivity index (χ4n) is 2.55. The van der Waals surface area contributed by atoms with Gasteiger partial charge in [0.2, 0.25) is 0 Å². The predicted molar refractivity (Wildman–Crippen MR) is 107 cm³/mol. The van der Waals surface area contributed by atoms with Gasteiger partial charge in [-0.15, -0.1) is 0 Å². The van der Waals surface area contributed by atoms with E-state index in [9.17, 15) is 4.79 Å². The number of fused-ring (bicyclic) bond motifs is 1. The molecule has 0 spiro atoms. The Hall–Kier alpha value is -3.01. The molecule has 0 N–H and O–H groups in total. The molecular weight excluding hydrogens is 340 g/mol. The van der Waals surface area contributed by atoms with Gasteiger partial charge in [-0.25, -0.2) is 4.79 Å². The number of carbonyl (C=O) groups excluding carboxylic acids is 1. The van der Waals surface area contributed by atoms with Crippen molar-refractivity contribution < 1.29 is 18.7 Å². The molecule has 0 saturated carbocycles. The quantitative estimate of drug-likeness (QED) is 0.403. The van der Waals surface area contributed by atoms with Gasteiger partial charge in [-0.1, -0.05) is 50.8 Å². The van der Waals surface area contributed by atoms with Gasteiger partial charge >= 0.3 is 5.97 Å². The van der Waals surface area contributed by atoms with E-state index in [1.54, 1.807) is 6.92 Å². The molecule has 1 heterocycles. The number of carbonyl (C=O) groups is 1. The number of rotatable bonds is 7. The third kappa shape index (κ3) is 4.79. The van der Waals surface area contributed by atoms with Crippen molar-refractivity contribution in [2.75, 3.05) is 13.2 Å². The highest BCUT2D eigenvalue weighted by Gasteiger charge is 2.22. The first-order valence-corrected chi connectivity index (χ1v) is 8.88. The van der Waals surface area contributed by atoms with Crippen molar-refractivity contribution in [2.24, 2.45) is 5.41 Å². The summed E-state index contributed by atoms with van der Waals surface area (Å²) in [5, 5.41) is 1.02. The van der Waals surface area contributed by atoms with Crippen LogP contribution in [0.15, 0.2) is 71.2 Å². The average molecular weight is 364 g/mol.